The highest BCUT2D eigenvalue weighted by Gasteiger charge is 2.16. The first kappa shape index (κ1) is 21.3. The van der Waals surface area contributed by atoms with Crippen molar-refractivity contribution in [2.45, 2.75) is 5.16 Å². The molecule has 1 amide bonds. The quantitative estimate of drug-likeness (QED) is 0.400. The molecule has 1 saturated heterocycles. The van der Waals surface area contributed by atoms with Crippen molar-refractivity contribution in [2.24, 2.45) is 0 Å². The average Bonchev–Trinajstić information content (AvgIpc) is 3.42. The second-order valence-electron chi connectivity index (χ2n) is 7.21. The number of ether oxygens (including phenoxy) is 1. The van der Waals surface area contributed by atoms with Crippen molar-refractivity contribution in [2.75, 3.05) is 42.3 Å². The Bertz CT molecular complexity index is 1220. The predicted octanol–water partition coefficient (Wildman–Crippen LogP) is 4.68. The molecule has 0 bridgehead atoms. The average molecular weight is 486 g/mol. The standard InChI is InChI=1S/C22H20ClN5O2S2/c23-16-3-1-15(2-4-16)19-13-31-21-25-26-22(28(19)21)32-14-20(29)24-17-5-7-18(8-6-17)27-9-11-30-12-10-27/h1-8,13H,9-12,14H2,(H,24,29). The number of halogens is 1. The zero-order valence-corrected chi connectivity index (χ0v) is 19.4. The van der Waals surface area contributed by atoms with Gasteiger partial charge < -0.3 is 15.0 Å². The Morgan fingerprint density at radius 3 is 2.59 bits per heavy atom. The van der Waals surface area contributed by atoms with Gasteiger partial charge in [0.2, 0.25) is 10.9 Å². The van der Waals surface area contributed by atoms with Crippen molar-refractivity contribution < 1.29 is 9.53 Å². The van der Waals surface area contributed by atoms with Crippen LogP contribution in [0.5, 0.6) is 0 Å². The van der Waals surface area contributed by atoms with Crippen molar-refractivity contribution in [3.05, 3.63) is 58.9 Å². The third-order valence-corrected chi connectivity index (χ3v) is 7.12. The first-order chi connectivity index (χ1) is 15.7. The summed E-state index contributed by atoms with van der Waals surface area (Å²) < 4.78 is 7.37. The number of anilines is 2. The van der Waals surface area contributed by atoms with E-state index in [9.17, 15) is 4.79 Å². The minimum absolute atomic E-state index is 0.0888. The Morgan fingerprint density at radius 1 is 1.09 bits per heavy atom. The highest BCUT2D eigenvalue weighted by Crippen LogP contribution is 2.30. The van der Waals surface area contributed by atoms with Crippen LogP contribution in [0.25, 0.3) is 16.2 Å². The Labute approximate surface area is 198 Å². The lowest BCUT2D eigenvalue weighted by atomic mass is 10.2. The maximum Gasteiger partial charge on any atom is 0.234 e. The fraction of sp³-hybridized carbons (Fsp3) is 0.227. The van der Waals surface area contributed by atoms with E-state index in [1.54, 1.807) is 0 Å². The van der Waals surface area contributed by atoms with E-state index in [0.29, 0.717) is 10.2 Å². The summed E-state index contributed by atoms with van der Waals surface area (Å²) in [6, 6.07) is 15.6. The van der Waals surface area contributed by atoms with E-state index in [0.717, 1.165) is 53.9 Å². The van der Waals surface area contributed by atoms with E-state index in [4.69, 9.17) is 16.3 Å². The van der Waals surface area contributed by atoms with Crippen LogP contribution in [0.1, 0.15) is 0 Å². The summed E-state index contributed by atoms with van der Waals surface area (Å²) in [4.78, 5) is 15.6. The number of amides is 1. The van der Waals surface area contributed by atoms with Gasteiger partial charge in [0.15, 0.2) is 5.16 Å². The molecule has 1 aliphatic heterocycles. The van der Waals surface area contributed by atoms with Crippen LogP contribution < -0.4 is 10.2 Å². The molecule has 1 fully saturated rings. The molecule has 2 aromatic heterocycles. The molecule has 5 rings (SSSR count). The number of morpholine rings is 1. The van der Waals surface area contributed by atoms with Crippen LogP contribution in [0.2, 0.25) is 5.02 Å². The number of thiazole rings is 1. The summed E-state index contributed by atoms with van der Waals surface area (Å²) >= 11 is 8.89. The van der Waals surface area contributed by atoms with Gasteiger partial charge in [-0.2, -0.15) is 0 Å². The molecule has 0 atom stereocenters. The smallest absolute Gasteiger partial charge is 0.234 e. The first-order valence-corrected chi connectivity index (χ1v) is 12.4. The summed E-state index contributed by atoms with van der Waals surface area (Å²) in [5.41, 5.74) is 3.91. The van der Waals surface area contributed by atoms with Crippen LogP contribution in [0.3, 0.4) is 0 Å². The highest BCUT2D eigenvalue weighted by molar-refractivity contribution is 7.99. The molecule has 0 unspecified atom stereocenters. The monoisotopic (exact) mass is 485 g/mol. The number of carbonyl (C=O) groups is 1. The van der Waals surface area contributed by atoms with Gasteiger partial charge >= 0.3 is 0 Å². The van der Waals surface area contributed by atoms with Crippen LogP contribution >= 0.6 is 34.7 Å². The molecule has 0 radical (unpaired) electrons. The minimum Gasteiger partial charge on any atom is -0.378 e. The summed E-state index contributed by atoms with van der Waals surface area (Å²) in [6.07, 6.45) is 0. The molecule has 10 heteroatoms. The Morgan fingerprint density at radius 2 is 1.84 bits per heavy atom. The van der Waals surface area contributed by atoms with Crippen LogP contribution in [-0.2, 0) is 9.53 Å². The molecular formula is C22H20ClN5O2S2. The van der Waals surface area contributed by atoms with Crippen LogP contribution in [0.15, 0.2) is 59.1 Å². The van der Waals surface area contributed by atoms with Crippen molar-refractivity contribution in [3.63, 3.8) is 0 Å². The number of rotatable bonds is 6. The van der Waals surface area contributed by atoms with Crippen LogP contribution in [0, 0.1) is 0 Å². The number of benzene rings is 2. The Balaban J connectivity index is 1.23. The maximum absolute atomic E-state index is 12.5. The van der Waals surface area contributed by atoms with Crippen LogP contribution in [-0.4, -0.2) is 52.6 Å². The molecule has 2 aromatic carbocycles. The molecule has 1 aliphatic rings. The normalized spacial score (nSPS) is 14.1. The van der Waals surface area contributed by atoms with Gasteiger partial charge in [-0.05, 0) is 42.0 Å². The Hall–Kier alpha value is -2.59. The largest absolute Gasteiger partial charge is 0.378 e. The number of aromatic nitrogens is 3. The molecule has 1 N–H and O–H groups in total. The number of fused-ring (bicyclic) bond motifs is 1. The van der Waals surface area contributed by atoms with E-state index in [1.165, 1.54) is 23.1 Å². The third kappa shape index (κ3) is 4.61. The maximum atomic E-state index is 12.5. The number of hydrogen-bond acceptors (Lipinski definition) is 7. The van der Waals surface area contributed by atoms with Gasteiger partial charge in [0, 0.05) is 34.9 Å². The number of nitrogens with one attached hydrogen (secondary N) is 1. The van der Waals surface area contributed by atoms with Crippen molar-refractivity contribution in [1.29, 1.82) is 0 Å². The molecule has 164 valence electrons. The van der Waals surface area contributed by atoms with Gasteiger partial charge in [-0.25, -0.2) is 0 Å². The molecule has 0 spiro atoms. The van der Waals surface area contributed by atoms with E-state index in [2.05, 4.69) is 20.4 Å². The second-order valence-corrected chi connectivity index (χ2v) is 9.43. The lowest BCUT2D eigenvalue weighted by Crippen LogP contribution is -2.36. The zero-order chi connectivity index (χ0) is 21.9. The summed E-state index contributed by atoms with van der Waals surface area (Å²) in [5, 5.41) is 14.9. The fourth-order valence-corrected chi connectivity index (χ4v) is 5.28. The number of thioether (sulfide) groups is 1. The van der Waals surface area contributed by atoms with E-state index < -0.39 is 0 Å². The van der Waals surface area contributed by atoms with Gasteiger partial charge in [-0.3, -0.25) is 9.20 Å². The fourth-order valence-electron chi connectivity index (χ4n) is 3.52. The van der Waals surface area contributed by atoms with Crippen molar-refractivity contribution >= 4 is 56.9 Å². The molecule has 32 heavy (non-hydrogen) atoms. The zero-order valence-electron chi connectivity index (χ0n) is 17.0. The molecule has 0 aliphatic carbocycles. The molecule has 7 nitrogen and oxygen atoms in total. The Kier molecular flexibility index (Phi) is 6.31. The SMILES string of the molecule is O=C(CSc1nnc2scc(-c3ccc(Cl)cc3)n12)Nc1ccc(N2CCOCC2)cc1. The second kappa shape index (κ2) is 9.50. The topological polar surface area (TPSA) is 71.8 Å². The summed E-state index contributed by atoms with van der Waals surface area (Å²) in [5.74, 6) is 0.149. The van der Waals surface area contributed by atoms with Gasteiger partial charge in [-0.15, -0.1) is 21.5 Å². The van der Waals surface area contributed by atoms with Gasteiger partial charge in [-0.1, -0.05) is 35.5 Å². The van der Waals surface area contributed by atoms with Crippen LogP contribution in [0.4, 0.5) is 11.4 Å². The lowest BCUT2D eigenvalue weighted by Gasteiger charge is -2.28. The molecule has 3 heterocycles. The van der Waals surface area contributed by atoms with E-state index in [-0.39, 0.29) is 11.7 Å². The van der Waals surface area contributed by atoms with Crippen molar-refractivity contribution in [3.8, 4) is 11.3 Å². The number of carbonyl (C=O) groups excluding carboxylic acids is 1. The summed E-state index contributed by atoms with van der Waals surface area (Å²) in [7, 11) is 0. The predicted molar refractivity (Wildman–Crippen MR) is 130 cm³/mol. The summed E-state index contributed by atoms with van der Waals surface area (Å²) in [6.45, 7) is 3.26. The van der Waals surface area contributed by atoms with Gasteiger partial charge in [0.05, 0.1) is 24.7 Å². The van der Waals surface area contributed by atoms with Gasteiger partial charge in [0.25, 0.3) is 0 Å². The van der Waals surface area contributed by atoms with E-state index >= 15 is 0 Å². The molecular weight excluding hydrogens is 466 g/mol. The number of hydrogen-bond donors (Lipinski definition) is 1. The third-order valence-electron chi connectivity index (χ3n) is 5.12. The van der Waals surface area contributed by atoms with Crippen molar-refractivity contribution in [1.82, 2.24) is 14.6 Å². The highest BCUT2D eigenvalue weighted by atomic mass is 35.5. The lowest BCUT2D eigenvalue weighted by molar-refractivity contribution is -0.113. The minimum atomic E-state index is -0.0888. The van der Waals surface area contributed by atoms with Gasteiger partial charge in [0.1, 0.15) is 0 Å². The number of nitrogens with zero attached hydrogens (tertiary/aromatic N) is 4. The van der Waals surface area contributed by atoms with E-state index in [1.807, 2.05) is 58.3 Å². The molecule has 0 saturated carbocycles. The molecule has 4 aromatic rings. The first-order valence-electron chi connectivity index (χ1n) is 10.1.